The number of aromatic nitrogens is 4. The Hall–Kier alpha value is -3.00. The number of fused-ring (bicyclic) bond motifs is 1. The van der Waals surface area contributed by atoms with Crippen LogP contribution in [0.25, 0.3) is 22.3 Å². The summed E-state index contributed by atoms with van der Waals surface area (Å²) in [5.41, 5.74) is 1.03. The third kappa shape index (κ3) is 3.76. The minimum absolute atomic E-state index is 0.153. The summed E-state index contributed by atoms with van der Waals surface area (Å²) in [6.45, 7) is 2.21. The van der Waals surface area contributed by atoms with E-state index in [1.165, 1.54) is 30.9 Å². The molecule has 1 saturated heterocycles. The molecule has 4 heterocycles. The largest absolute Gasteiger partial charge is 0.479 e. The number of piperidine rings is 1. The van der Waals surface area contributed by atoms with Crippen molar-refractivity contribution in [3.05, 3.63) is 40.9 Å². The van der Waals surface area contributed by atoms with Gasteiger partial charge in [0.25, 0.3) is 5.56 Å². The van der Waals surface area contributed by atoms with E-state index >= 15 is 0 Å². The highest BCUT2D eigenvalue weighted by Gasteiger charge is 2.29. The van der Waals surface area contributed by atoms with Gasteiger partial charge in [0.05, 0.1) is 12.5 Å². The summed E-state index contributed by atoms with van der Waals surface area (Å²) in [7, 11) is 3.22. The number of ether oxygens (including phenoxy) is 2. The number of nitrogens with zero attached hydrogens (tertiary/aromatic N) is 5. The van der Waals surface area contributed by atoms with Gasteiger partial charge in [-0.2, -0.15) is 0 Å². The molecule has 5 rings (SSSR count). The van der Waals surface area contributed by atoms with Crippen molar-refractivity contribution in [2.75, 3.05) is 20.2 Å². The maximum Gasteiger partial charge on any atom is 0.261 e. The molecular weight excluding hydrogens is 394 g/mol. The second-order valence-corrected chi connectivity index (χ2v) is 8.34. The molecule has 8 nitrogen and oxygen atoms in total. The Balaban J connectivity index is 1.34. The Labute approximate surface area is 180 Å². The van der Waals surface area contributed by atoms with Gasteiger partial charge in [-0.3, -0.25) is 9.36 Å². The highest BCUT2D eigenvalue weighted by Crippen LogP contribution is 2.29. The molecule has 31 heavy (non-hydrogen) atoms. The van der Waals surface area contributed by atoms with Crippen LogP contribution in [0.1, 0.15) is 32.1 Å². The van der Waals surface area contributed by atoms with Crippen molar-refractivity contribution >= 4 is 10.9 Å². The topological polar surface area (TPSA) is 82.4 Å². The van der Waals surface area contributed by atoms with Crippen LogP contribution in [0.4, 0.5) is 0 Å². The van der Waals surface area contributed by atoms with Crippen molar-refractivity contribution in [2.45, 2.75) is 44.2 Å². The fourth-order valence-electron chi connectivity index (χ4n) is 4.44. The van der Waals surface area contributed by atoms with Gasteiger partial charge < -0.3 is 14.4 Å². The van der Waals surface area contributed by atoms with E-state index in [1.807, 2.05) is 12.1 Å². The molecule has 0 aromatic carbocycles. The summed E-state index contributed by atoms with van der Waals surface area (Å²) in [6.07, 6.45) is 9.60. The third-order valence-electron chi connectivity index (χ3n) is 6.50. The summed E-state index contributed by atoms with van der Waals surface area (Å²) in [5, 5.41) is 0.472. The molecule has 0 unspecified atom stereocenters. The summed E-state index contributed by atoms with van der Waals surface area (Å²) < 4.78 is 12.9. The van der Waals surface area contributed by atoms with Crippen molar-refractivity contribution in [2.24, 2.45) is 7.05 Å². The van der Waals surface area contributed by atoms with E-state index in [-0.39, 0.29) is 11.7 Å². The highest BCUT2D eigenvalue weighted by atomic mass is 16.5. The zero-order valence-electron chi connectivity index (χ0n) is 18.0. The Morgan fingerprint density at radius 2 is 1.87 bits per heavy atom. The van der Waals surface area contributed by atoms with Crippen molar-refractivity contribution in [1.29, 1.82) is 0 Å². The van der Waals surface area contributed by atoms with Gasteiger partial charge in [0.1, 0.15) is 17.4 Å². The van der Waals surface area contributed by atoms with E-state index in [0.29, 0.717) is 28.5 Å². The van der Waals surface area contributed by atoms with Gasteiger partial charge in [-0.15, -0.1) is 0 Å². The predicted octanol–water partition coefficient (Wildman–Crippen LogP) is 2.79. The average Bonchev–Trinajstić information content (AvgIpc) is 2.76. The van der Waals surface area contributed by atoms with Gasteiger partial charge in [0.2, 0.25) is 11.8 Å². The molecule has 0 bridgehead atoms. The molecule has 2 fully saturated rings. The molecule has 162 valence electrons. The molecule has 0 N–H and O–H groups in total. The first-order valence-corrected chi connectivity index (χ1v) is 10.9. The number of hydrogen-bond acceptors (Lipinski definition) is 7. The molecule has 1 aliphatic carbocycles. The molecule has 3 aromatic rings. The van der Waals surface area contributed by atoms with E-state index < -0.39 is 0 Å². The zero-order chi connectivity index (χ0) is 21.4. The van der Waals surface area contributed by atoms with Crippen molar-refractivity contribution in [1.82, 2.24) is 24.4 Å². The number of hydrogen-bond donors (Lipinski definition) is 0. The maximum absolute atomic E-state index is 12.8. The van der Waals surface area contributed by atoms with Crippen molar-refractivity contribution in [3.63, 3.8) is 0 Å². The van der Waals surface area contributed by atoms with E-state index in [1.54, 1.807) is 25.5 Å². The van der Waals surface area contributed by atoms with Crippen LogP contribution in [0.2, 0.25) is 0 Å². The highest BCUT2D eigenvalue weighted by molar-refractivity contribution is 5.83. The van der Waals surface area contributed by atoms with Gasteiger partial charge in [0, 0.05) is 50.2 Å². The Kier molecular flexibility index (Phi) is 5.31. The number of rotatable bonds is 5. The fraction of sp³-hybridized carbons (Fsp3) is 0.478. The molecule has 0 atom stereocenters. The third-order valence-corrected chi connectivity index (χ3v) is 6.50. The molecule has 3 aromatic heterocycles. The lowest BCUT2D eigenvalue weighted by Crippen LogP contribution is -2.46. The van der Waals surface area contributed by atoms with Crippen LogP contribution < -0.4 is 15.0 Å². The quantitative estimate of drug-likeness (QED) is 0.626. The molecule has 2 aliphatic rings. The molecular formula is C23H27N5O3. The van der Waals surface area contributed by atoms with E-state index in [2.05, 4.69) is 19.9 Å². The first-order chi connectivity index (χ1) is 15.1. The minimum atomic E-state index is -0.153. The number of methoxy groups -OCH3 is 1. The Bertz CT molecular complexity index is 1130. The zero-order valence-corrected chi connectivity index (χ0v) is 18.0. The molecule has 8 heteroatoms. The van der Waals surface area contributed by atoms with Gasteiger partial charge in [-0.25, -0.2) is 15.0 Å². The van der Waals surface area contributed by atoms with E-state index in [4.69, 9.17) is 9.47 Å². The fourth-order valence-corrected chi connectivity index (χ4v) is 4.44. The van der Waals surface area contributed by atoms with Gasteiger partial charge >= 0.3 is 0 Å². The lowest BCUT2D eigenvalue weighted by Gasteiger charge is -2.41. The van der Waals surface area contributed by atoms with Crippen molar-refractivity contribution in [3.8, 4) is 23.1 Å². The number of likely N-dealkylation sites (tertiary alicyclic amines) is 1. The Morgan fingerprint density at radius 3 is 2.52 bits per heavy atom. The number of pyridine rings is 2. The summed E-state index contributed by atoms with van der Waals surface area (Å²) >= 11 is 0. The normalized spacial score (nSPS) is 18.1. The maximum atomic E-state index is 12.8. The molecule has 1 saturated carbocycles. The van der Waals surface area contributed by atoms with Crippen LogP contribution in [-0.4, -0.2) is 56.8 Å². The van der Waals surface area contributed by atoms with Crippen LogP contribution in [-0.2, 0) is 7.05 Å². The van der Waals surface area contributed by atoms with Crippen LogP contribution in [0.3, 0.4) is 0 Å². The lowest BCUT2D eigenvalue weighted by molar-refractivity contribution is 0.0475. The average molecular weight is 422 g/mol. The van der Waals surface area contributed by atoms with Crippen LogP contribution in [0.15, 0.2) is 35.4 Å². The SMILES string of the molecule is COc1nccc2c(=O)n(C)c(-c3ccc(OC4CCN(C5CCC5)CC4)nc3)nc12. The first kappa shape index (κ1) is 19.9. The summed E-state index contributed by atoms with van der Waals surface area (Å²) in [6, 6.07) is 6.20. The van der Waals surface area contributed by atoms with Gasteiger partial charge in [0.15, 0.2) is 0 Å². The van der Waals surface area contributed by atoms with E-state index in [0.717, 1.165) is 37.5 Å². The molecule has 0 spiro atoms. The smallest absolute Gasteiger partial charge is 0.261 e. The summed E-state index contributed by atoms with van der Waals surface area (Å²) in [5.74, 6) is 1.45. The Morgan fingerprint density at radius 1 is 1.06 bits per heavy atom. The van der Waals surface area contributed by atoms with Crippen molar-refractivity contribution < 1.29 is 9.47 Å². The predicted molar refractivity (Wildman–Crippen MR) is 117 cm³/mol. The van der Waals surface area contributed by atoms with Crippen LogP contribution in [0.5, 0.6) is 11.8 Å². The minimum Gasteiger partial charge on any atom is -0.479 e. The standard InChI is InChI=1S/C23H27N5O3/c1-27-21(26-20-18(23(27)29)8-11-24-22(20)30-2)15-6-7-19(25-14-15)31-17-9-12-28(13-10-17)16-4-3-5-16/h6-8,11,14,16-17H,3-5,9-10,12-13H2,1-2H3. The lowest BCUT2D eigenvalue weighted by atomic mass is 9.90. The van der Waals surface area contributed by atoms with E-state index in [9.17, 15) is 4.79 Å². The monoisotopic (exact) mass is 421 g/mol. The first-order valence-electron chi connectivity index (χ1n) is 10.9. The second kappa shape index (κ2) is 8.26. The van der Waals surface area contributed by atoms with Gasteiger partial charge in [-0.1, -0.05) is 6.42 Å². The van der Waals surface area contributed by atoms with Gasteiger partial charge in [-0.05, 0) is 37.8 Å². The molecule has 1 aliphatic heterocycles. The molecule has 0 amide bonds. The van der Waals surface area contributed by atoms with Crippen LogP contribution in [0, 0.1) is 0 Å². The second-order valence-electron chi connectivity index (χ2n) is 8.34. The van der Waals surface area contributed by atoms with Crippen LogP contribution >= 0.6 is 0 Å². The summed E-state index contributed by atoms with van der Waals surface area (Å²) in [4.78, 5) is 28.7. The molecule has 0 radical (unpaired) electrons.